The van der Waals surface area contributed by atoms with Crippen molar-refractivity contribution in [3.05, 3.63) is 64.8 Å². The molecule has 5 rings (SSSR count). The number of aliphatic hydroxyl groups excluding tert-OH is 2. The summed E-state index contributed by atoms with van der Waals surface area (Å²) in [5, 5.41) is 31.4. The van der Waals surface area contributed by atoms with Crippen LogP contribution in [0, 0.1) is 22.7 Å². The molecule has 0 aliphatic heterocycles. The van der Waals surface area contributed by atoms with Gasteiger partial charge in [-0.05, 0) is 92.7 Å². The monoisotopic (exact) mass is 462 g/mol. The van der Waals surface area contributed by atoms with Gasteiger partial charge in [0.25, 0.3) is 0 Å². The lowest BCUT2D eigenvalue weighted by molar-refractivity contribution is -0.0480. The van der Waals surface area contributed by atoms with E-state index in [2.05, 4.69) is 56.3 Å². The fourth-order valence-corrected chi connectivity index (χ4v) is 7.70. The van der Waals surface area contributed by atoms with Gasteiger partial charge >= 0.3 is 0 Å². The van der Waals surface area contributed by atoms with E-state index in [9.17, 15) is 15.3 Å². The van der Waals surface area contributed by atoms with E-state index in [1.807, 2.05) is 13.8 Å². The molecule has 0 amide bonds. The quantitative estimate of drug-likeness (QED) is 0.504. The van der Waals surface area contributed by atoms with Crippen LogP contribution in [0.5, 0.6) is 0 Å². The van der Waals surface area contributed by atoms with Crippen LogP contribution >= 0.6 is 0 Å². The normalized spacial score (nSPS) is 37.2. The van der Waals surface area contributed by atoms with Crippen LogP contribution in [0.15, 0.2) is 53.6 Å². The highest BCUT2D eigenvalue weighted by Gasteiger charge is 2.56. The largest absolute Gasteiger partial charge is 0.393 e. The molecule has 6 atom stereocenters. The molecule has 184 valence electrons. The van der Waals surface area contributed by atoms with Crippen LogP contribution < -0.4 is 0 Å². The molecule has 0 spiro atoms. The summed E-state index contributed by atoms with van der Waals surface area (Å²) in [6.07, 6.45) is 13.4. The summed E-state index contributed by atoms with van der Waals surface area (Å²) in [6, 6.07) is 9.05. The Bertz CT molecular complexity index is 1040. The molecule has 2 fully saturated rings. The highest BCUT2D eigenvalue weighted by atomic mass is 16.3. The predicted molar refractivity (Wildman–Crippen MR) is 138 cm³/mol. The summed E-state index contributed by atoms with van der Waals surface area (Å²) < 4.78 is 0. The van der Waals surface area contributed by atoms with Gasteiger partial charge in [-0.3, -0.25) is 0 Å². The molecule has 0 saturated heterocycles. The predicted octanol–water partition coefficient (Wildman–Crippen LogP) is 5.99. The minimum atomic E-state index is -0.604. The lowest BCUT2D eigenvalue weighted by atomic mass is 9.49. The lowest BCUT2D eigenvalue weighted by Crippen LogP contribution is -2.52. The van der Waals surface area contributed by atoms with E-state index in [-0.39, 0.29) is 10.8 Å². The third kappa shape index (κ3) is 3.94. The van der Waals surface area contributed by atoms with Crippen molar-refractivity contribution in [3.8, 4) is 0 Å². The van der Waals surface area contributed by atoms with Crippen LogP contribution in [0.25, 0.3) is 5.57 Å². The summed E-state index contributed by atoms with van der Waals surface area (Å²) in [6.45, 7) is 8.47. The summed E-state index contributed by atoms with van der Waals surface area (Å²) in [5.74, 6) is 0.850. The first-order valence-corrected chi connectivity index (χ1v) is 13.3. The number of aliphatic hydroxyl groups is 3. The molecule has 0 unspecified atom stereocenters. The van der Waals surface area contributed by atoms with Crippen molar-refractivity contribution >= 4 is 5.57 Å². The first-order chi connectivity index (χ1) is 16.0. The van der Waals surface area contributed by atoms with Crippen molar-refractivity contribution in [3.63, 3.8) is 0 Å². The molecular weight excluding hydrogens is 420 g/mol. The van der Waals surface area contributed by atoms with Gasteiger partial charge in [-0.1, -0.05) is 67.5 Å². The maximum absolute atomic E-state index is 11.1. The smallest absolute Gasteiger partial charge is 0.0661 e. The van der Waals surface area contributed by atoms with Gasteiger partial charge in [0.2, 0.25) is 0 Å². The van der Waals surface area contributed by atoms with Gasteiger partial charge in [-0.15, -0.1) is 0 Å². The molecule has 0 heterocycles. The Morgan fingerprint density at radius 1 is 1.09 bits per heavy atom. The van der Waals surface area contributed by atoms with Gasteiger partial charge in [0.05, 0.1) is 17.8 Å². The van der Waals surface area contributed by atoms with Crippen molar-refractivity contribution in [1.29, 1.82) is 0 Å². The van der Waals surface area contributed by atoms with E-state index in [4.69, 9.17) is 0 Å². The summed E-state index contributed by atoms with van der Waals surface area (Å²) in [4.78, 5) is 0. The highest BCUT2D eigenvalue weighted by molar-refractivity contribution is 5.74. The number of hydrogen-bond acceptors (Lipinski definition) is 3. The molecule has 34 heavy (non-hydrogen) atoms. The Labute approximate surface area is 205 Å². The SMILES string of the molecule is CC(C)(O)CCCc1cccc(C2=CC[C@H]3C4=CC=C5C[C@@H](O)C[C@H](O)[C@]5(C)[C@H]4CC[C@]23C)c1. The van der Waals surface area contributed by atoms with Crippen molar-refractivity contribution in [2.24, 2.45) is 22.7 Å². The summed E-state index contributed by atoms with van der Waals surface area (Å²) >= 11 is 0. The van der Waals surface area contributed by atoms with Crippen LogP contribution in [-0.2, 0) is 6.42 Å². The van der Waals surface area contributed by atoms with Gasteiger partial charge in [0, 0.05) is 11.8 Å². The second kappa shape index (κ2) is 8.47. The number of benzene rings is 1. The van der Waals surface area contributed by atoms with Crippen LogP contribution in [0.1, 0.15) is 83.8 Å². The Morgan fingerprint density at radius 2 is 1.88 bits per heavy atom. The van der Waals surface area contributed by atoms with Crippen molar-refractivity contribution < 1.29 is 15.3 Å². The van der Waals surface area contributed by atoms with Crippen molar-refractivity contribution in [2.75, 3.05) is 0 Å². The van der Waals surface area contributed by atoms with Crippen LogP contribution in [-0.4, -0.2) is 33.1 Å². The van der Waals surface area contributed by atoms with E-state index >= 15 is 0 Å². The Balaban J connectivity index is 1.39. The Morgan fingerprint density at radius 3 is 2.65 bits per heavy atom. The maximum atomic E-state index is 11.1. The number of rotatable bonds is 5. The van der Waals surface area contributed by atoms with Gasteiger partial charge in [-0.2, -0.15) is 0 Å². The van der Waals surface area contributed by atoms with Crippen molar-refractivity contribution in [2.45, 2.75) is 96.9 Å². The second-order valence-corrected chi connectivity index (χ2v) is 12.5. The molecule has 1 aromatic rings. The first-order valence-electron chi connectivity index (χ1n) is 13.3. The molecule has 2 saturated carbocycles. The minimum absolute atomic E-state index is 0.120. The molecule has 3 nitrogen and oxygen atoms in total. The molecule has 0 radical (unpaired) electrons. The molecule has 3 heteroatoms. The average Bonchev–Trinajstić information content (AvgIpc) is 3.11. The zero-order valence-electron chi connectivity index (χ0n) is 21.3. The van der Waals surface area contributed by atoms with E-state index < -0.39 is 17.8 Å². The number of allylic oxidation sites excluding steroid dienone is 5. The average molecular weight is 463 g/mol. The van der Waals surface area contributed by atoms with Gasteiger partial charge in [0.1, 0.15) is 0 Å². The van der Waals surface area contributed by atoms with Crippen LogP contribution in [0.2, 0.25) is 0 Å². The number of fused-ring (bicyclic) bond motifs is 5. The van der Waals surface area contributed by atoms with E-state index in [0.717, 1.165) is 38.5 Å². The zero-order valence-corrected chi connectivity index (χ0v) is 21.3. The topological polar surface area (TPSA) is 60.7 Å². The van der Waals surface area contributed by atoms with Gasteiger partial charge in [0.15, 0.2) is 0 Å². The molecule has 3 N–H and O–H groups in total. The standard InChI is InChI=1S/C31H42O3/c1-29(2,34)15-6-8-20-7-5-9-21(17-20)25-12-13-26-24-11-10-22-18-23(32)19-28(33)31(22,4)27(24)14-16-30(25,26)3/h5,7,9-12,17,23,26-28,32-34H,6,8,13-16,18-19H2,1-4H3/t23-,26+,27+,28+,30-,31+/m1/s1. The van der Waals surface area contributed by atoms with E-state index in [1.165, 1.54) is 27.8 Å². The van der Waals surface area contributed by atoms with Crippen molar-refractivity contribution in [1.82, 2.24) is 0 Å². The first kappa shape index (κ1) is 24.0. The number of hydrogen-bond donors (Lipinski definition) is 3. The van der Waals surface area contributed by atoms with Gasteiger partial charge < -0.3 is 15.3 Å². The van der Waals surface area contributed by atoms with Crippen LogP contribution in [0.4, 0.5) is 0 Å². The molecule has 0 aromatic heterocycles. The maximum Gasteiger partial charge on any atom is 0.0661 e. The molecule has 0 bridgehead atoms. The summed E-state index contributed by atoms with van der Waals surface area (Å²) in [7, 11) is 0. The third-order valence-corrected chi connectivity index (χ3v) is 9.73. The lowest BCUT2D eigenvalue weighted by Gasteiger charge is -2.56. The Kier molecular flexibility index (Phi) is 5.98. The zero-order chi connectivity index (χ0) is 24.3. The van der Waals surface area contributed by atoms with E-state index in [0.29, 0.717) is 24.7 Å². The number of aryl methyl sites for hydroxylation is 1. The molecule has 4 aliphatic rings. The van der Waals surface area contributed by atoms with E-state index in [1.54, 1.807) is 0 Å². The highest BCUT2D eigenvalue weighted by Crippen LogP contribution is 2.65. The second-order valence-electron chi connectivity index (χ2n) is 12.5. The fraction of sp³-hybridized carbons (Fsp3) is 0.613. The summed E-state index contributed by atoms with van der Waals surface area (Å²) in [5.41, 5.74) is 6.22. The Hall–Kier alpha value is -1.68. The minimum Gasteiger partial charge on any atom is -0.393 e. The third-order valence-electron chi connectivity index (χ3n) is 9.73. The van der Waals surface area contributed by atoms with Crippen LogP contribution in [0.3, 0.4) is 0 Å². The molecular formula is C31H42O3. The van der Waals surface area contributed by atoms with Gasteiger partial charge in [-0.25, -0.2) is 0 Å². The molecule has 4 aliphatic carbocycles. The fourth-order valence-electron chi connectivity index (χ4n) is 7.70. The molecule has 1 aromatic carbocycles.